The standard InChI is InChI=1S/C24H33NO/c1-7-8-17-23(2,3)20-13-15-22(16-14-20)25-18-19-9-11-21(12-10-19)24(4,5)26-6/h9-16,18H,7-8,17H2,1-6H3/b25-18+. The number of nitrogens with zero attached hydrogens (tertiary/aromatic N) is 1. The van der Waals surface area contributed by atoms with E-state index in [0.29, 0.717) is 0 Å². The van der Waals surface area contributed by atoms with Crippen molar-refractivity contribution in [2.24, 2.45) is 4.99 Å². The Labute approximate surface area is 159 Å². The van der Waals surface area contributed by atoms with Gasteiger partial charge in [0.05, 0.1) is 11.3 Å². The molecular weight excluding hydrogens is 318 g/mol. The highest BCUT2D eigenvalue weighted by molar-refractivity contribution is 5.82. The van der Waals surface area contributed by atoms with Gasteiger partial charge in [0.25, 0.3) is 0 Å². The maximum atomic E-state index is 5.52. The van der Waals surface area contributed by atoms with Crippen LogP contribution in [0.1, 0.15) is 70.6 Å². The summed E-state index contributed by atoms with van der Waals surface area (Å²) in [5.41, 5.74) is 4.58. The van der Waals surface area contributed by atoms with Crippen LogP contribution in [0.15, 0.2) is 53.5 Å². The number of unbranched alkanes of at least 4 members (excludes halogenated alkanes) is 1. The lowest BCUT2D eigenvalue weighted by molar-refractivity contribution is 0.0192. The van der Waals surface area contributed by atoms with Gasteiger partial charge in [-0.05, 0) is 54.5 Å². The summed E-state index contributed by atoms with van der Waals surface area (Å²) in [6.07, 6.45) is 5.64. The smallest absolute Gasteiger partial charge is 0.0871 e. The molecule has 2 rings (SSSR count). The number of benzene rings is 2. The molecule has 0 saturated carbocycles. The van der Waals surface area contributed by atoms with Crippen molar-refractivity contribution in [3.05, 3.63) is 65.2 Å². The van der Waals surface area contributed by atoms with Crippen molar-refractivity contribution in [2.75, 3.05) is 7.11 Å². The number of rotatable bonds is 8. The van der Waals surface area contributed by atoms with Crippen LogP contribution in [-0.4, -0.2) is 13.3 Å². The van der Waals surface area contributed by atoms with E-state index in [2.05, 4.69) is 88.1 Å². The molecule has 0 amide bonds. The van der Waals surface area contributed by atoms with Crippen molar-refractivity contribution in [1.82, 2.24) is 0 Å². The van der Waals surface area contributed by atoms with E-state index in [1.165, 1.54) is 24.8 Å². The van der Waals surface area contributed by atoms with Gasteiger partial charge in [-0.1, -0.05) is 70.0 Å². The van der Waals surface area contributed by atoms with E-state index in [4.69, 9.17) is 4.74 Å². The zero-order valence-corrected chi connectivity index (χ0v) is 17.2. The first kappa shape index (κ1) is 20.4. The van der Waals surface area contributed by atoms with E-state index in [1.807, 2.05) is 6.21 Å². The van der Waals surface area contributed by atoms with Crippen LogP contribution in [0.5, 0.6) is 0 Å². The van der Waals surface area contributed by atoms with Gasteiger partial charge in [-0.2, -0.15) is 0 Å². The molecule has 2 heteroatoms. The predicted molar refractivity (Wildman–Crippen MR) is 113 cm³/mol. The van der Waals surface area contributed by atoms with Gasteiger partial charge in [0.15, 0.2) is 0 Å². The molecule has 0 aliphatic heterocycles. The molecule has 0 radical (unpaired) electrons. The van der Waals surface area contributed by atoms with E-state index in [9.17, 15) is 0 Å². The monoisotopic (exact) mass is 351 g/mol. The molecule has 0 aliphatic carbocycles. The minimum absolute atomic E-state index is 0.224. The molecule has 0 spiro atoms. The molecular formula is C24H33NO. The summed E-state index contributed by atoms with van der Waals surface area (Å²) in [4.78, 5) is 4.62. The molecule has 0 aliphatic rings. The molecule has 2 nitrogen and oxygen atoms in total. The summed E-state index contributed by atoms with van der Waals surface area (Å²) in [7, 11) is 1.74. The van der Waals surface area contributed by atoms with E-state index >= 15 is 0 Å². The van der Waals surface area contributed by atoms with Crippen molar-refractivity contribution in [2.45, 2.75) is 64.9 Å². The van der Waals surface area contributed by atoms with Crippen LogP contribution in [0.2, 0.25) is 0 Å². The van der Waals surface area contributed by atoms with Gasteiger partial charge in [-0.3, -0.25) is 4.99 Å². The normalized spacial score (nSPS) is 12.7. The summed E-state index contributed by atoms with van der Waals surface area (Å²) < 4.78 is 5.52. The molecule has 26 heavy (non-hydrogen) atoms. The lowest BCUT2D eigenvalue weighted by atomic mass is 9.80. The first-order valence-electron chi connectivity index (χ1n) is 9.59. The van der Waals surface area contributed by atoms with Crippen molar-refractivity contribution < 1.29 is 4.74 Å². The first-order chi connectivity index (χ1) is 12.3. The quantitative estimate of drug-likeness (QED) is 0.480. The summed E-state index contributed by atoms with van der Waals surface area (Å²) in [6, 6.07) is 17.0. The molecule has 0 atom stereocenters. The van der Waals surface area contributed by atoms with Gasteiger partial charge in [-0.15, -0.1) is 0 Å². The Balaban J connectivity index is 2.07. The lowest BCUT2D eigenvalue weighted by Crippen LogP contribution is -2.19. The molecule has 2 aromatic carbocycles. The minimum Gasteiger partial charge on any atom is -0.374 e. The number of hydrogen-bond donors (Lipinski definition) is 0. The number of methoxy groups -OCH3 is 1. The van der Waals surface area contributed by atoms with Crippen LogP contribution in [-0.2, 0) is 15.8 Å². The van der Waals surface area contributed by atoms with Crippen LogP contribution >= 0.6 is 0 Å². The zero-order chi connectivity index (χ0) is 19.2. The summed E-state index contributed by atoms with van der Waals surface area (Å²) in [5.74, 6) is 0. The molecule has 0 saturated heterocycles. The molecule has 2 aromatic rings. The third kappa shape index (κ3) is 5.28. The largest absolute Gasteiger partial charge is 0.374 e. The zero-order valence-electron chi connectivity index (χ0n) is 17.2. The molecule has 0 heterocycles. The Morgan fingerprint density at radius 2 is 1.46 bits per heavy atom. The number of aliphatic imine (C=N–C) groups is 1. The van der Waals surface area contributed by atoms with Gasteiger partial charge in [0.1, 0.15) is 0 Å². The topological polar surface area (TPSA) is 21.6 Å². The van der Waals surface area contributed by atoms with Crippen LogP contribution in [0, 0.1) is 0 Å². The molecule has 140 valence electrons. The van der Waals surface area contributed by atoms with Crippen molar-refractivity contribution in [3.8, 4) is 0 Å². The highest BCUT2D eigenvalue weighted by Gasteiger charge is 2.20. The highest BCUT2D eigenvalue weighted by Crippen LogP contribution is 2.30. The van der Waals surface area contributed by atoms with Gasteiger partial charge in [-0.25, -0.2) is 0 Å². The molecule has 0 bridgehead atoms. The first-order valence-corrected chi connectivity index (χ1v) is 9.59. The van der Waals surface area contributed by atoms with Crippen molar-refractivity contribution in [1.29, 1.82) is 0 Å². The molecule has 0 fully saturated rings. The highest BCUT2D eigenvalue weighted by atomic mass is 16.5. The number of hydrogen-bond acceptors (Lipinski definition) is 2. The second-order valence-electron chi connectivity index (χ2n) is 8.13. The molecule has 0 aromatic heterocycles. The fraction of sp³-hybridized carbons (Fsp3) is 0.458. The van der Waals surface area contributed by atoms with Crippen LogP contribution in [0.4, 0.5) is 5.69 Å². The average Bonchev–Trinajstić information content (AvgIpc) is 2.65. The summed E-state index contributed by atoms with van der Waals surface area (Å²) in [5, 5.41) is 0. The third-order valence-corrected chi connectivity index (χ3v) is 5.28. The van der Waals surface area contributed by atoms with E-state index in [1.54, 1.807) is 7.11 Å². The maximum absolute atomic E-state index is 5.52. The Kier molecular flexibility index (Phi) is 6.77. The summed E-state index contributed by atoms with van der Waals surface area (Å²) >= 11 is 0. The molecule has 0 N–H and O–H groups in total. The summed E-state index contributed by atoms with van der Waals surface area (Å²) in [6.45, 7) is 11.0. The SMILES string of the molecule is CCCCC(C)(C)c1ccc(/N=C/c2ccc(C(C)(C)OC)cc2)cc1. The predicted octanol–water partition coefficient (Wildman–Crippen LogP) is 6.79. The van der Waals surface area contributed by atoms with Gasteiger partial charge in [0.2, 0.25) is 0 Å². The third-order valence-electron chi connectivity index (χ3n) is 5.28. The minimum atomic E-state index is -0.268. The lowest BCUT2D eigenvalue weighted by Gasteiger charge is -2.25. The average molecular weight is 352 g/mol. The number of ether oxygens (including phenoxy) is 1. The van der Waals surface area contributed by atoms with Crippen LogP contribution in [0.25, 0.3) is 0 Å². The van der Waals surface area contributed by atoms with Crippen LogP contribution < -0.4 is 0 Å². The van der Waals surface area contributed by atoms with Crippen molar-refractivity contribution in [3.63, 3.8) is 0 Å². The Morgan fingerprint density at radius 1 is 0.885 bits per heavy atom. The maximum Gasteiger partial charge on any atom is 0.0871 e. The van der Waals surface area contributed by atoms with Crippen LogP contribution in [0.3, 0.4) is 0 Å². The Bertz CT molecular complexity index is 709. The Morgan fingerprint density at radius 3 is 2.00 bits per heavy atom. The van der Waals surface area contributed by atoms with Crippen molar-refractivity contribution >= 4 is 11.9 Å². The van der Waals surface area contributed by atoms with E-state index < -0.39 is 0 Å². The van der Waals surface area contributed by atoms with Gasteiger partial charge in [0, 0.05) is 13.3 Å². The second kappa shape index (κ2) is 8.64. The fourth-order valence-electron chi connectivity index (χ4n) is 3.00. The van der Waals surface area contributed by atoms with Gasteiger partial charge >= 0.3 is 0 Å². The fourth-order valence-corrected chi connectivity index (χ4v) is 3.00. The molecule has 0 unspecified atom stereocenters. The Hall–Kier alpha value is -1.93. The van der Waals surface area contributed by atoms with E-state index in [-0.39, 0.29) is 11.0 Å². The van der Waals surface area contributed by atoms with Gasteiger partial charge < -0.3 is 4.74 Å². The second-order valence-corrected chi connectivity index (χ2v) is 8.13. The van der Waals surface area contributed by atoms with E-state index in [0.717, 1.165) is 16.8 Å².